The number of ether oxygens (including phenoxy) is 1. The number of aryl methyl sites for hydroxylation is 1. The fourth-order valence-corrected chi connectivity index (χ4v) is 4.33. The van der Waals surface area contributed by atoms with Crippen LogP contribution in [0.15, 0.2) is 78.0 Å². The molecule has 0 aliphatic rings. The van der Waals surface area contributed by atoms with Crippen LogP contribution in [0.2, 0.25) is 0 Å². The molecule has 2 N–H and O–H groups in total. The molecule has 0 aliphatic carbocycles. The van der Waals surface area contributed by atoms with Gasteiger partial charge in [-0.3, -0.25) is 4.79 Å². The maximum absolute atomic E-state index is 10.7. The number of carboxylic acid groups (broad SMARTS) is 1. The van der Waals surface area contributed by atoms with Gasteiger partial charge in [0.05, 0.1) is 0 Å². The standard InChI is InChI=1S/C25H22N2O4S/c1-30-27-24(25-26-21-7-2-3-8-22(21)32-25)19-6-4-5-18(15-19)16-31-20-12-9-17(10-13-20)11-14-23(28)29/h2-10,12-13,15H,11,14,16H2,1H3,(H,28,29)/p+1/b27-24+. The van der Waals surface area contributed by atoms with E-state index in [0.29, 0.717) is 13.0 Å². The topological polar surface area (TPSA) is 82.3 Å². The van der Waals surface area contributed by atoms with Crippen LogP contribution in [-0.4, -0.2) is 23.9 Å². The molecule has 4 aromatic rings. The Hall–Kier alpha value is -3.71. The summed E-state index contributed by atoms with van der Waals surface area (Å²) in [6.07, 6.45) is 0.629. The van der Waals surface area contributed by atoms with Crippen molar-refractivity contribution in [2.45, 2.75) is 19.4 Å². The lowest BCUT2D eigenvalue weighted by atomic mass is 10.1. The van der Waals surface area contributed by atoms with Gasteiger partial charge in [-0.2, -0.15) is 4.98 Å². The number of aromatic nitrogens is 1. The van der Waals surface area contributed by atoms with Gasteiger partial charge < -0.3 is 14.7 Å². The van der Waals surface area contributed by atoms with Crippen molar-refractivity contribution in [3.05, 3.63) is 94.5 Å². The van der Waals surface area contributed by atoms with E-state index < -0.39 is 5.97 Å². The lowest BCUT2D eigenvalue weighted by molar-refractivity contribution is -0.340. The Balaban J connectivity index is 1.48. The Morgan fingerprint density at radius 3 is 2.59 bits per heavy atom. The first-order chi connectivity index (χ1) is 15.6. The third-order valence-corrected chi connectivity index (χ3v) is 5.98. The van der Waals surface area contributed by atoms with Crippen molar-refractivity contribution in [2.75, 3.05) is 7.11 Å². The molecule has 32 heavy (non-hydrogen) atoms. The van der Waals surface area contributed by atoms with Gasteiger partial charge in [0.1, 0.15) is 24.2 Å². The highest BCUT2D eigenvalue weighted by molar-refractivity contribution is 7.20. The summed E-state index contributed by atoms with van der Waals surface area (Å²) in [5.41, 5.74) is 4.70. The van der Waals surface area contributed by atoms with Crippen LogP contribution in [-0.2, 0) is 22.7 Å². The van der Waals surface area contributed by atoms with E-state index in [1.54, 1.807) is 18.4 Å². The average molecular weight is 448 g/mol. The summed E-state index contributed by atoms with van der Waals surface area (Å²) < 4.78 is 7.08. The predicted molar refractivity (Wildman–Crippen MR) is 124 cm³/mol. The second kappa shape index (κ2) is 10.1. The van der Waals surface area contributed by atoms with Gasteiger partial charge in [-0.1, -0.05) is 59.0 Å². The summed E-state index contributed by atoms with van der Waals surface area (Å²) in [5, 5.41) is 14.0. The number of fused-ring (bicyclic) bond motifs is 1. The second-order valence-corrected chi connectivity index (χ2v) is 8.25. The zero-order valence-electron chi connectivity index (χ0n) is 17.6. The monoisotopic (exact) mass is 447 g/mol. The SMILES string of the molecule is CO/N=C(\c1cccc(COc2ccc(CCC(=O)O)cc2)c1)c1[nH+]c2ccccc2s1. The summed E-state index contributed by atoms with van der Waals surface area (Å²) in [4.78, 5) is 19.3. The maximum Gasteiger partial charge on any atom is 0.303 e. The van der Waals surface area contributed by atoms with Crippen molar-refractivity contribution in [3.63, 3.8) is 0 Å². The van der Waals surface area contributed by atoms with Crippen molar-refractivity contribution in [1.82, 2.24) is 0 Å². The van der Waals surface area contributed by atoms with E-state index >= 15 is 0 Å². The Labute approximate surface area is 189 Å². The smallest absolute Gasteiger partial charge is 0.303 e. The molecule has 4 rings (SSSR count). The lowest BCUT2D eigenvalue weighted by Gasteiger charge is -2.08. The van der Waals surface area contributed by atoms with Crippen molar-refractivity contribution >= 4 is 33.2 Å². The number of nitrogens with one attached hydrogen (secondary N) is 1. The third-order valence-electron chi connectivity index (χ3n) is 4.90. The summed E-state index contributed by atoms with van der Waals surface area (Å²) in [7, 11) is 1.54. The molecule has 0 amide bonds. The van der Waals surface area contributed by atoms with Gasteiger partial charge >= 0.3 is 5.97 Å². The van der Waals surface area contributed by atoms with Gasteiger partial charge in [0.15, 0.2) is 5.71 Å². The van der Waals surface area contributed by atoms with Crippen molar-refractivity contribution < 1.29 is 24.5 Å². The second-order valence-electron chi connectivity index (χ2n) is 7.20. The molecule has 0 spiro atoms. The molecule has 1 heterocycles. The van der Waals surface area contributed by atoms with Crippen LogP contribution in [0.1, 0.15) is 28.1 Å². The van der Waals surface area contributed by atoms with E-state index in [9.17, 15) is 4.79 Å². The highest BCUT2D eigenvalue weighted by atomic mass is 32.1. The summed E-state index contributed by atoms with van der Waals surface area (Å²) >= 11 is 1.63. The Bertz CT molecular complexity index is 1220. The van der Waals surface area contributed by atoms with E-state index in [2.05, 4.69) is 16.2 Å². The largest absolute Gasteiger partial charge is 0.489 e. The third kappa shape index (κ3) is 5.31. The molecular formula is C25H23N2O4S+. The van der Waals surface area contributed by atoms with E-state index in [0.717, 1.165) is 43.4 Å². The number of hydrogen-bond donors (Lipinski definition) is 1. The van der Waals surface area contributed by atoms with Gasteiger partial charge in [-0.25, -0.2) is 0 Å². The number of nitrogens with zero attached hydrogens (tertiary/aromatic N) is 1. The molecule has 0 fully saturated rings. The molecule has 0 atom stereocenters. The number of carboxylic acids is 1. The zero-order chi connectivity index (χ0) is 22.3. The number of benzene rings is 3. The number of carbonyl (C=O) groups is 1. The minimum Gasteiger partial charge on any atom is -0.489 e. The van der Waals surface area contributed by atoms with Crippen molar-refractivity contribution in [1.29, 1.82) is 0 Å². The number of para-hydroxylation sites is 1. The van der Waals surface area contributed by atoms with Crippen molar-refractivity contribution in [3.8, 4) is 5.75 Å². The Morgan fingerprint density at radius 1 is 1.03 bits per heavy atom. The van der Waals surface area contributed by atoms with E-state index in [4.69, 9.17) is 14.7 Å². The van der Waals surface area contributed by atoms with Gasteiger partial charge in [-0.05, 0) is 41.8 Å². The Kier molecular flexibility index (Phi) is 6.77. The molecule has 7 heteroatoms. The highest BCUT2D eigenvalue weighted by Gasteiger charge is 2.20. The number of rotatable bonds is 9. The zero-order valence-corrected chi connectivity index (χ0v) is 18.4. The molecule has 0 unspecified atom stereocenters. The fourth-order valence-electron chi connectivity index (χ4n) is 3.32. The minimum atomic E-state index is -0.796. The van der Waals surface area contributed by atoms with Gasteiger partial charge in [-0.15, -0.1) is 0 Å². The van der Waals surface area contributed by atoms with Crippen LogP contribution in [0, 0.1) is 0 Å². The molecule has 0 saturated heterocycles. The number of hydrogen-bond acceptors (Lipinski definition) is 5. The summed E-state index contributed by atoms with van der Waals surface area (Å²) in [5.74, 6) is -0.0621. The molecule has 0 saturated carbocycles. The molecular weight excluding hydrogens is 424 g/mol. The number of H-pyrrole nitrogens is 1. The molecule has 6 nitrogen and oxygen atoms in total. The molecule has 0 radical (unpaired) electrons. The van der Waals surface area contributed by atoms with Crippen LogP contribution in [0.25, 0.3) is 10.2 Å². The first kappa shape index (κ1) is 21.5. The lowest BCUT2D eigenvalue weighted by Crippen LogP contribution is -2.15. The first-order valence-electron chi connectivity index (χ1n) is 10.2. The molecule has 0 bridgehead atoms. The Morgan fingerprint density at radius 2 is 1.84 bits per heavy atom. The normalized spacial score (nSPS) is 11.5. The van der Waals surface area contributed by atoms with Crippen LogP contribution in [0.4, 0.5) is 0 Å². The molecule has 0 aliphatic heterocycles. The van der Waals surface area contributed by atoms with Crippen LogP contribution >= 0.6 is 11.3 Å². The van der Waals surface area contributed by atoms with E-state index in [1.807, 2.05) is 66.7 Å². The van der Waals surface area contributed by atoms with Crippen molar-refractivity contribution in [2.24, 2.45) is 5.16 Å². The predicted octanol–water partition coefficient (Wildman–Crippen LogP) is 4.71. The van der Waals surface area contributed by atoms with Crippen LogP contribution in [0.3, 0.4) is 0 Å². The number of thiazole rings is 1. The maximum atomic E-state index is 10.7. The van der Waals surface area contributed by atoms with Crippen LogP contribution < -0.4 is 9.72 Å². The average Bonchev–Trinajstić information content (AvgIpc) is 3.24. The molecule has 162 valence electrons. The van der Waals surface area contributed by atoms with Crippen LogP contribution in [0.5, 0.6) is 5.75 Å². The first-order valence-corrected chi connectivity index (χ1v) is 11.0. The number of oxime groups is 1. The van der Waals surface area contributed by atoms with Gasteiger partial charge in [0, 0.05) is 18.1 Å². The van der Waals surface area contributed by atoms with Gasteiger partial charge in [0.25, 0.3) is 5.01 Å². The quantitative estimate of drug-likeness (QED) is 0.298. The van der Waals surface area contributed by atoms with E-state index in [-0.39, 0.29) is 6.42 Å². The number of aliphatic carboxylic acids is 1. The molecule has 1 aromatic heterocycles. The highest BCUT2D eigenvalue weighted by Crippen LogP contribution is 2.22. The minimum absolute atomic E-state index is 0.121. The molecule has 3 aromatic carbocycles. The summed E-state index contributed by atoms with van der Waals surface area (Å²) in [6, 6.07) is 23.7. The summed E-state index contributed by atoms with van der Waals surface area (Å²) in [6.45, 7) is 0.401. The van der Waals surface area contributed by atoms with Gasteiger partial charge in [0.2, 0.25) is 5.52 Å². The van der Waals surface area contributed by atoms with E-state index in [1.165, 1.54) is 0 Å². The number of aromatic amines is 1. The fraction of sp³-hybridized carbons (Fsp3) is 0.160.